The average molecular weight is 203 g/mol. The number of carbonyl (C=O) groups is 1. The summed E-state index contributed by atoms with van der Waals surface area (Å²) in [4.78, 5) is 12.8. The van der Waals surface area contributed by atoms with E-state index in [9.17, 15) is 4.79 Å². The van der Waals surface area contributed by atoms with Gasteiger partial charge < -0.3 is 4.74 Å². The highest BCUT2D eigenvalue weighted by molar-refractivity contribution is 5.74. The van der Waals surface area contributed by atoms with Crippen LogP contribution < -0.4 is 0 Å². The Morgan fingerprint density at radius 3 is 2.73 bits per heavy atom. The Balaban J connectivity index is 2.17. The lowest BCUT2D eigenvalue weighted by Gasteiger charge is -2.08. The maximum absolute atomic E-state index is 11.2. The molecule has 1 fully saturated rings. The van der Waals surface area contributed by atoms with Gasteiger partial charge >= 0.3 is 6.09 Å². The summed E-state index contributed by atoms with van der Waals surface area (Å²) in [5.41, 5.74) is 2.19. The maximum atomic E-state index is 11.2. The van der Waals surface area contributed by atoms with Crippen molar-refractivity contribution < 1.29 is 9.53 Å². The van der Waals surface area contributed by atoms with Gasteiger partial charge in [0, 0.05) is 6.20 Å². The first-order valence-electron chi connectivity index (χ1n) is 4.94. The van der Waals surface area contributed by atoms with Gasteiger partial charge in [-0.3, -0.25) is 4.90 Å². The van der Waals surface area contributed by atoms with Crippen LogP contribution in [0.2, 0.25) is 0 Å². The average Bonchev–Trinajstić information content (AvgIpc) is 2.66. The zero-order chi connectivity index (χ0) is 10.7. The second kappa shape index (κ2) is 4.17. The summed E-state index contributed by atoms with van der Waals surface area (Å²) in [6.07, 6.45) is 1.58. The topological polar surface area (TPSA) is 29.5 Å². The van der Waals surface area contributed by atoms with Crippen LogP contribution in [-0.2, 0) is 4.74 Å². The molecular weight excluding hydrogens is 190 g/mol. The third-order valence-corrected chi connectivity index (χ3v) is 2.37. The standard InChI is InChI=1S/C12H13NO2/c1-10(11-5-3-2-4-6-11)9-13-7-8-15-12(13)14/h2-6,9H,7-8H2,1H3. The number of hydrogen-bond acceptors (Lipinski definition) is 2. The van der Waals surface area contributed by atoms with Gasteiger partial charge in [0.15, 0.2) is 0 Å². The molecule has 0 aliphatic carbocycles. The molecule has 0 aromatic heterocycles. The number of carbonyl (C=O) groups excluding carboxylic acids is 1. The third kappa shape index (κ3) is 2.18. The molecule has 1 aliphatic rings. The lowest BCUT2D eigenvalue weighted by Crippen LogP contribution is -2.17. The highest BCUT2D eigenvalue weighted by Gasteiger charge is 2.19. The minimum Gasteiger partial charge on any atom is -0.447 e. The lowest BCUT2D eigenvalue weighted by atomic mass is 10.1. The number of amides is 1. The molecule has 1 saturated heterocycles. The summed E-state index contributed by atoms with van der Waals surface area (Å²) < 4.78 is 4.84. The highest BCUT2D eigenvalue weighted by Crippen LogP contribution is 2.15. The minimum absolute atomic E-state index is 0.259. The van der Waals surface area contributed by atoms with Gasteiger partial charge in [-0.15, -0.1) is 0 Å². The van der Waals surface area contributed by atoms with Crippen molar-refractivity contribution in [2.75, 3.05) is 13.2 Å². The fourth-order valence-corrected chi connectivity index (χ4v) is 1.53. The molecule has 0 bridgehead atoms. The van der Waals surface area contributed by atoms with E-state index in [1.54, 1.807) is 4.90 Å². The molecule has 1 heterocycles. The summed E-state index contributed by atoms with van der Waals surface area (Å²) in [5.74, 6) is 0. The predicted octanol–water partition coefficient (Wildman–Crippen LogP) is 2.50. The fourth-order valence-electron chi connectivity index (χ4n) is 1.53. The Morgan fingerprint density at radius 2 is 2.13 bits per heavy atom. The molecule has 0 atom stereocenters. The summed E-state index contributed by atoms with van der Waals surface area (Å²) >= 11 is 0. The number of allylic oxidation sites excluding steroid dienone is 1. The first kappa shape index (κ1) is 9.77. The second-order valence-electron chi connectivity index (χ2n) is 3.49. The van der Waals surface area contributed by atoms with Crippen molar-refractivity contribution in [3.63, 3.8) is 0 Å². The van der Waals surface area contributed by atoms with Gasteiger partial charge in [-0.25, -0.2) is 4.79 Å². The molecule has 1 amide bonds. The van der Waals surface area contributed by atoms with Crippen LogP contribution in [0.25, 0.3) is 5.57 Å². The SMILES string of the molecule is CC(=CN1CCOC1=O)c1ccccc1. The van der Waals surface area contributed by atoms with Gasteiger partial charge in [0.25, 0.3) is 0 Å². The number of hydrogen-bond donors (Lipinski definition) is 0. The molecule has 0 radical (unpaired) electrons. The van der Waals surface area contributed by atoms with Crippen molar-refractivity contribution in [3.8, 4) is 0 Å². The van der Waals surface area contributed by atoms with Gasteiger partial charge in [0.05, 0.1) is 6.54 Å². The Morgan fingerprint density at radius 1 is 1.40 bits per heavy atom. The van der Waals surface area contributed by atoms with Crippen LogP contribution in [0.5, 0.6) is 0 Å². The van der Waals surface area contributed by atoms with E-state index in [0.29, 0.717) is 13.2 Å². The summed E-state index contributed by atoms with van der Waals surface area (Å²) in [6, 6.07) is 9.98. The van der Waals surface area contributed by atoms with Crippen molar-refractivity contribution in [1.29, 1.82) is 0 Å². The van der Waals surface area contributed by atoms with E-state index in [0.717, 1.165) is 11.1 Å². The van der Waals surface area contributed by atoms with Crippen LogP contribution in [0.1, 0.15) is 12.5 Å². The molecule has 0 N–H and O–H groups in total. The molecule has 2 rings (SSSR count). The monoisotopic (exact) mass is 203 g/mol. The van der Waals surface area contributed by atoms with Gasteiger partial charge in [0.2, 0.25) is 0 Å². The van der Waals surface area contributed by atoms with Crippen molar-refractivity contribution in [1.82, 2.24) is 4.90 Å². The number of nitrogens with zero attached hydrogens (tertiary/aromatic N) is 1. The van der Waals surface area contributed by atoms with E-state index in [1.807, 2.05) is 43.5 Å². The fraction of sp³-hybridized carbons (Fsp3) is 0.250. The van der Waals surface area contributed by atoms with E-state index in [-0.39, 0.29) is 6.09 Å². The third-order valence-electron chi connectivity index (χ3n) is 2.37. The quantitative estimate of drug-likeness (QED) is 0.739. The first-order chi connectivity index (χ1) is 7.27. The summed E-state index contributed by atoms with van der Waals surface area (Å²) in [6.45, 7) is 3.11. The van der Waals surface area contributed by atoms with Gasteiger partial charge in [-0.05, 0) is 18.1 Å². The van der Waals surface area contributed by atoms with Crippen LogP contribution in [-0.4, -0.2) is 24.1 Å². The molecule has 1 aromatic rings. The zero-order valence-corrected chi connectivity index (χ0v) is 8.64. The maximum Gasteiger partial charge on any atom is 0.413 e. The lowest BCUT2D eigenvalue weighted by molar-refractivity contribution is 0.166. The van der Waals surface area contributed by atoms with Crippen molar-refractivity contribution in [2.24, 2.45) is 0 Å². The molecule has 15 heavy (non-hydrogen) atoms. The predicted molar refractivity (Wildman–Crippen MR) is 58.1 cm³/mol. The van der Waals surface area contributed by atoms with E-state index in [1.165, 1.54) is 0 Å². The van der Waals surface area contributed by atoms with Gasteiger partial charge in [-0.1, -0.05) is 30.3 Å². The molecule has 78 valence electrons. The summed E-state index contributed by atoms with van der Waals surface area (Å²) in [5, 5.41) is 0. The van der Waals surface area contributed by atoms with E-state index < -0.39 is 0 Å². The number of ether oxygens (including phenoxy) is 1. The van der Waals surface area contributed by atoms with Crippen LogP contribution >= 0.6 is 0 Å². The first-order valence-corrected chi connectivity index (χ1v) is 4.94. The molecule has 1 aromatic carbocycles. The highest BCUT2D eigenvalue weighted by atomic mass is 16.6. The van der Waals surface area contributed by atoms with Crippen LogP contribution in [0.3, 0.4) is 0 Å². The van der Waals surface area contributed by atoms with Crippen LogP contribution in [0.4, 0.5) is 4.79 Å². The molecule has 0 unspecified atom stereocenters. The van der Waals surface area contributed by atoms with E-state index in [4.69, 9.17) is 4.74 Å². The molecule has 1 aliphatic heterocycles. The zero-order valence-electron chi connectivity index (χ0n) is 8.64. The molecule has 0 saturated carbocycles. The van der Waals surface area contributed by atoms with Crippen molar-refractivity contribution >= 4 is 11.7 Å². The number of benzene rings is 1. The summed E-state index contributed by atoms with van der Waals surface area (Å²) in [7, 11) is 0. The van der Waals surface area contributed by atoms with Crippen molar-refractivity contribution in [2.45, 2.75) is 6.92 Å². The van der Waals surface area contributed by atoms with Crippen molar-refractivity contribution in [3.05, 3.63) is 42.1 Å². The van der Waals surface area contributed by atoms with Crippen LogP contribution in [0, 0.1) is 0 Å². The smallest absolute Gasteiger partial charge is 0.413 e. The van der Waals surface area contributed by atoms with E-state index >= 15 is 0 Å². The minimum atomic E-state index is -0.259. The Hall–Kier alpha value is -1.77. The van der Waals surface area contributed by atoms with Crippen LogP contribution in [0.15, 0.2) is 36.5 Å². The van der Waals surface area contributed by atoms with Gasteiger partial charge in [0.1, 0.15) is 6.61 Å². The molecule has 0 spiro atoms. The number of cyclic esters (lactones) is 1. The Labute approximate surface area is 89.0 Å². The molecule has 3 heteroatoms. The normalized spacial score (nSPS) is 16.7. The Bertz CT molecular complexity index is 384. The van der Waals surface area contributed by atoms with Gasteiger partial charge in [-0.2, -0.15) is 0 Å². The molecular formula is C12H13NO2. The second-order valence-corrected chi connectivity index (χ2v) is 3.49. The molecule has 3 nitrogen and oxygen atoms in total. The van der Waals surface area contributed by atoms with E-state index in [2.05, 4.69) is 0 Å². The largest absolute Gasteiger partial charge is 0.447 e. The number of rotatable bonds is 2. The Kier molecular flexibility index (Phi) is 2.72.